The van der Waals surface area contributed by atoms with Crippen LogP contribution in [0, 0.1) is 0 Å². The summed E-state index contributed by atoms with van der Waals surface area (Å²) in [6.07, 6.45) is 2.78. The van der Waals surface area contributed by atoms with E-state index >= 15 is 0 Å². The number of thiophene rings is 1. The van der Waals surface area contributed by atoms with E-state index in [0.717, 1.165) is 26.8 Å². The number of carbonyl (C=O) groups excluding carboxylic acids is 1. The van der Waals surface area contributed by atoms with E-state index in [4.69, 9.17) is 0 Å². The van der Waals surface area contributed by atoms with Crippen molar-refractivity contribution in [1.82, 2.24) is 5.32 Å². The molecule has 0 atom stereocenters. The van der Waals surface area contributed by atoms with Gasteiger partial charge in [0.2, 0.25) is 0 Å². The van der Waals surface area contributed by atoms with Crippen LogP contribution in [0.4, 0.5) is 0 Å². The molecule has 1 aliphatic rings. The minimum atomic E-state index is -0.384. The number of amides is 1. The molecule has 1 aromatic heterocycles. The number of nitrogens with one attached hydrogen (secondary N) is 1. The maximum Gasteiger partial charge on any atom is 0.253 e. The minimum Gasteiger partial charge on any atom is -0.394 e. The number of carbonyl (C=O) groups is 1. The molecule has 2 rings (SSSR count). The average Bonchev–Trinajstić information content (AvgIpc) is 2.51. The largest absolute Gasteiger partial charge is 0.394 e. The summed E-state index contributed by atoms with van der Waals surface area (Å²) in [5, 5.41) is 12.2. The quantitative estimate of drug-likeness (QED) is 0.861. The Balaban J connectivity index is 2.11. The lowest BCUT2D eigenvalue weighted by Gasteiger charge is -2.40. The van der Waals surface area contributed by atoms with E-state index in [0.29, 0.717) is 5.56 Å². The van der Waals surface area contributed by atoms with Crippen molar-refractivity contribution in [3.05, 3.63) is 19.2 Å². The summed E-state index contributed by atoms with van der Waals surface area (Å²) in [6, 6.07) is 1.79. The van der Waals surface area contributed by atoms with Crippen molar-refractivity contribution in [2.24, 2.45) is 0 Å². The number of aliphatic hydroxyl groups is 1. The van der Waals surface area contributed by atoms with Crippen molar-refractivity contribution in [1.29, 1.82) is 0 Å². The fourth-order valence-electron chi connectivity index (χ4n) is 1.73. The molecule has 3 nitrogen and oxygen atoms in total. The van der Waals surface area contributed by atoms with Gasteiger partial charge >= 0.3 is 0 Å². The monoisotopic (exact) mass is 367 g/mol. The van der Waals surface area contributed by atoms with E-state index in [9.17, 15) is 9.90 Å². The fraction of sp³-hybridized carbons (Fsp3) is 0.500. The summed E-state index contributed by atoms with van der Waals surface area (Å²) in [7, 11) is 0. The highest BCUT2D eigenvalue weighted by molar-refractivity contribution is 9.12. The maximum absolute atomic E-state index is 12.0. The standard InChI is InChI=1S/C10H11Br2NO2S/c11-7-4-6(8(12)16-7)9(15)13-10(5-14)2-1-3-10/h4,14H,1-3,5H2,(H,13,15). The zero-order valence-corrected chi connectivity index (χ0v) is 12.4. The summed E-state index contributed by atoms with van der Waals surface area (Å²) >= 11 is 8.16. The summed E-state index contributed by atoms with van der Waals surface area (Å²) in [5.41, 5.74) is 0.238. The first kappa shape index (κ1) is 12.5. The van der Waals surface area contributed by atoms with Gasteiger partial charge in [-0.1, -0.05) is 0 Å². The summed E-state index contributed by atoms with van der Waals surface area (Å²) in [5.74, 6) is -0.123. The lowest BCUT2D eigenvalue weighted by molar-refractivity contribution is 0.0641. The first-order valence-electron chi connectivity index (χ1n) is 4.94. The van der Waals surface area contributed by atoms with Crippen LogP contribution in [0.1, 0.15) is 29.6 Å². The van der Waals surface area contributed by atoms with E-state index in [-0.39, 0.29) is 18.1 Å². The van der Waals surface area contributed by atoms with Gasteiger partial charge in [-0.05, 0) is 57.2 Å². The van der Waals surface area contributed by atoms with Gasteiger partial charge < -0.3 is 10.4 Å². The second kappa shape index (κ2) is 4.76. The molecule has 1 amide bonds. The molecule has 6 heteroatoms. The van der Waals surface area contributed by atoms with Crippen LogP contribution in [-0.4, -0.2) is 23.2 Å². The smallest absolute Gasteiger partial charge is 0.253 e. The summed E-state index contributed by atoms with van der Waals surface area (Å²) < 4.78 is 1.72. The van der Waals surface area contributed by atoms with Crippen LogP contribution in [0.5, 0.6) is 0 Å². The second-order valence-corrected chi connectivity index (χ2v) is 7.73. The molecule has 0 bridgehead atoms. The Labute approximate surface area is 114 Å². The first-order valence-corrected chi connectivity index (χ1v) is 7.35. The fourth-order valence-corrected chi connectivity index (χ4v) is 4.52. The van der Waals surface area contributed by atoms with Crippen LogP contribution in [0.3, 0.4) is 0 Å². The zero-order valence-electron chi connectivity index (χ0n) is 8.43. The van der Waals surface area contributed by atoms with Crippen molar-refractivity contribution >= 4 is 49.1 Å². The lowest BCUT2D eigenvalue weighted by atomic mass is 9.77. The molecular weight excluding hydrogens is 358 g/mol. The van der Waals surface area contributed by atoms with E-state index in [1.165, 1.54) is 11.3 Å². The zero-order chi connectivity index (χ0) is 11.8. The van der Waals surface area contributed by atoms with Gasteiger partial charge in [-0.2, -0.15) is 0 Å². The Morgan fingerprint density at radius 1 is 1.56 bits per heavy atom. The van der Waals surface area contributed by atoms with Gasteiger partial charge in [0.15, 0.2) is 0 Å². The molecule has 0 saturated heterocycles. The van der Waals surface area contributed by atoms with Crippen molar-refractivity contribution in [2.45, 2.75) is 24.8 Å². The number of rotatable bonds is 3. The molecule has 1 fully saturated rings. The van der Waals surface area contributed by atoms with Crippen LogP contribution < -0.4 is 5.32 Å². The van der Waals surface area contributed by atoms with E-state index in [1.807, 2.05) is 0 Å². The summed E-state index contributed by atoms with van der Waals surface area (Å²) in [6.45, 7) is 0.0155. The van der Waals surface area contributed by atoms with Crippen LogP contribution in [0.25, 0.3) is 0 Å². The first-order chi connectivity index (χ1) is 7.56. The number of aliphatic hydroxyl groups excluding tert-OH is 1. The molecule has 0 spiro atoms. The molecule has 0 aromatic carbocycles. The Morgan fingerprint density at radius 3 is 2.62 bits per heavy atom. The number of hydrogen-bond acceptors (Lipinski definition) is 3. The van der Waals surface area contributed by atoms with Gasteiger partial charge in [0.1, 0.15) is 0 Å². The molecule has 1 aliphatic carbocycles. The molecule has 2 N–H and O–H groups in total. The van der Waals surface area contributed by atoms with Gasteiger partial charge in [0.05, 0.1) is 25.3 Å². The normalized spacial score (nSPS) is 17.9. The average molecular weight is 369 g/mol. The van der Waals surface area contributed by atoms with Gasteiger partial charge in [0, 0.05) is 0 Å². The van der Waals surface area contributed by atoms with Gasteiger partial charge in [-0.25, -0.2) is 0 Å². The third-order valence-electron chi connectivity index (χ3n) is 2.89. The molecule has 1 saturated carbocycles. The third kappa shape index (κ3) is 2.34. The van der Waals surface area contributed by atoms with Crippen molar-refractivity contribution in [3.63, 3.8) is 0 Å². The third-order valence-corrected chi connectivity index (χ3v) is 5.23. The van der Waals surface area contributed by atoms with Crippen molar-refractivity contribution in [3.8, 4) is 0 Å². The molecule has 0 unspecified atom stereocenters. The minimum absolute atomic E-state index is 0.0155. The molecule has 1 aromatic rings. The van der Waals surface area contributed by atoms with E-state index in [2.05, 4.69) is 37.2 Å². The predicted octanol–water partition coefficient (Wildman–Crippen LogP) is 2.92. The molecule has 16 heavy (non-hydrogen) atoms. The van der Waals surface area contributed by atoms with Gasteiger partial charge in [-0.15, -0.1) is 11.3 Å². The van der Waals surface area contributed by atoms with Crippen molar-refractivity contribution in [2.75, 3.05) is 6.61 Å². The highest BCUT2D eigenvalue weighted by Gasteiger charge is 2.38. The molecule has 88 valence electrons. The number of halogens is 2. The van der Waals surface area contributed by atoms with Crippen molar-refractivity contribution < 1.29 is 9.90 Å². The van der Waals surface area contributed by atoms with Crippen LogP contribution >= 0.6 is 43.2 Å². The second-order valence-electron chi connectivity index (χ2n) is 3.98. The topological polar surface area (TPSA) is 49.3 Å². The van der Waals surface area contributed by atoms with Gasteiger partial charge in [0.25, 0.3) is 5.91 Å². The van der Waals surface area contributed by atoms with Crippen LogP contribution in [0.2, 0.25) is 0 Å². The molecule has 0 radical (unpaired) electrons. The van der Waals surface area contributed by atoms with Crippen LogP contribution in [0.15, 0.2) is 13.6 Å². The number of hydrogen-bond donors (Lipinski definition) is 2. The molecule has 1 heterocycles. The highest BCUT2D eigenvalue weighted by Crippen LogP contribution is 2.34. The Morgan fingerprint density at radius 2 is 2.25 bits per heavy atom. The Bertz CT molecular complexity index is 409. The maximum atomic E-state index is 12.0. The lowest BCUT2D eigenvalue weighted by Crippen LogP contribution is -2.56. The van der Waals surface area contributed by atoms with Gasteiger partial charge in [-0.3, -0.25) is 4.79 Å². The van der Waals surface area contributed by atoms with E-state index < -0.39 is 0 Å². The Kier molecular flexibility index (Phi) is 3.73. The van der Waals surface area contributed by atoms with Crippen LogP contribution in [-0.2, 0) is 0 Å². The molecular formula is C10H11Br2NO2S. The highest BCUT2D eigenvalue weighted by atomic mass is 79.9. The predicted molar refractivity (Wildman–Crippen MR) is 70.9 cm³/mol. The SMILES string of the molecule is O=C(NC1(CO)CCC1)c1cc(Br)sc1Br. The summed E-state index contributed by atoms with van der Waals surface area (Å²) in [4.78, 5) is 12.0. The molecule has 0 aliphatic heterocycles. The Hall–Kier alpha value is 0.0900. The van der Waals surface area contributed by atoms with E-state index in [1.54, 1.807) is 6.07 Å².